The second kappa shape index (κ2) is 10.6. The molecule has 0 aromatic heterocycles. The Kier molecular flexibility index (Phi) is 8.69. The summed E-state index contributed by atoms with van der Waals surface area (Å²) in [6, 6.07) is 4.34. The summed E-state index contributed by atoms with van der Waals surface area (Å²) in [6.45, 7) is 8.79. The third kappa shape index (κ3) is 7.09. The first kappa shape index (κ1) is 23.9. The van der Waals surface area contributed by atoms with E-state index >= 15 is 0 Å². The van der Waals surface area contributed by atoms with Gasteiger partial charge in [0.25, 0.3) is 0 Å². The fraction of sp³-hybridized carbons (Fsp3) is 0.632. The number of aliphatic imine (C=N–C) groups is 1. The van der Waals surface area contributed by atoms with Crippen LogP contribution in [0.3, 0.4) is 0 Å². The monoisotopic (exact) mass is 448 g/mol. The first-order valence-electron chi connectivity index (χ1n) is 9.69. The Morgan fingerprint density at radius 3 is 2.62 bits per heavy atom. The highest BCUT2D eigenvalue weighted by Crippen LogP contribution is 2.30. The summed E-state index contributed by atoms with van der Waals surface area (Å²) < 4.78 is 44.8. The molecule has 1 aromatic rings. The van der Waals surface area contributed by atoms with Crippen LogP contribution < -0.4 is 10.6 Å². The van der Waals surface area contributed by atoms with Crippen LogP contribution in [-0.4, -0.2) is 70.4 Å². The summed E-state index contributed by atoms with van der Waals surface area (Å²) >= 11 is 6.20. The molecule has 0 amide bonds. The number of hydrogen-bond donors (Lipinski definition) is 2. The van der Waals surface area contributed by atoms with E-state index in [0.717, 1.165) is 5.56 Å². The Morgan fingerprint density at radius 1 is 1.31 bits per heavy atom. The maximum Gasteiger partial charge on any atom is 0.215 e. The molecule has 0 spiro atoms. The molecule has 2 rings (SSSR count). The molecule has 1 fully saturated rings. The zero-order chi connectivity index (χ0) is 21.5. The van der Waals surface area contributed by atoms with Crippen LogP contribution in [0, 0.1) is 5.82 Å². The Morgan fingerprint density at radius 2 is 2.00 bits per heavy atom. The van der Waals surface area contributed by atoms with Crippen molar-refractivity contribution in [1.29, 1.82) is 0 Å². The summed E-state index contributed by atoms with van der Waals surface area (Å²) in [6.07, 6.45) is 0. The van der Waals surface area contributed by atoms with E-state index < -0.39 is 15.4 Å². The molecule has 10 heteroatoms. The van der Waals surface area contributed by atoms with Gasteiger partial charge in [-0.25, -0.2) is 12.8 Å². The van der Waals surface area contributed by atoms with E-state index in [-0.39, 0.29) is 18.1 Å². The highest BCUT2D eigenvalue weighted by Gasteiger charge is 2.25. The highest BCUT2D eigenvalue weighted by atomic mass is 35.5. The molecule has 0 radical (unpaired) electrons. The van der Waals surface area contributed by atoms with Gasteiger partial charge in [-0.05, 0) is 24.6 Å². The molecule has 0 atom stereocenters. The van der Waals surface area contributed by atoms with Crippen LogP contribution in [-0.2, 0) is 20.2 Å². The first-order valence-corrected chi connectivity index (χ1v) is 11.7. The molecule has 7 nitrogen and oxygen atoms in total. The van der Waals surface area contributed by atoms with Crippen molar-refractivity contribution in [2.75, 3.05) is 51.7 Å². The number of halogens is 2. The van der Waals surface area contributed by atoms with E-state index in [9.17, 15) is 12.8 Å². The van der Waals surface area contributed by atoms with Crippen molar-refractivity contribution < 1.29 is 17.5 Å². The molecule has 1 aromatic carbocycles. The number of rotatable bonds is 8. The molecular weight excluding hydrogens is 419 g/mol. The average molecular weight is 449 g/mol. The average Bonchev–Trinajstić information content (AvgIpc) is 2.66. The lowest BCUT2D eigenvalue weighted by atomic mass is 9.84. The lowest BCUT2D eigenvalue weighted by Crippen LogP contribution is -2.45. The fourth-order valence-electron chi connectivity index (χ4n) is 2.99. The lowest BCUT2D eigenvalue weighted by molar-refractivity contribution is 0.0730. The van der Waals surface area contributed by atoms with Gasteiger partial charge < -0.3 is 15.4 Å². The second-order valence-electron chi connectivity index (χ2n) is 7.46. The van der Waals surface area contributed by atoms with Crippen LogP contribution in [0.2, 0.25) is 5.02 Å². The predicted molar refractivity (Wildman–Crippen MR) is 115 cm³/mol. The summed E-state index contributed by atoms with van der Waals surface area (Å²) in [5.41, 5.74) is 0.377. The Balaban J connectivity index is 1.98. The van der Waals surface area contributed by atoms with Gasteiger partial charge in [0.2, 0.25) is 10.0 Å². The molecule has 2 N–H and O–H groups in total. The van der Waals surface area contributed by atoms with E-state index in [1.807, 2.05) is 20.8 Å². The number of sulfonamides is 1. The van der Waals surface area contributed by atoms with Crippen molar-refractivity contribution in [2.24, 2.45) is 4.99 Å². The van der Waals surface area contributed by atoms with Crippen molar-refractivity contribution in [3.05, 3.63) is 34.6 Å². The van der Waals surface area contributed by atoms with E-state index in [1.165, 1.54) is 16.4 Å². The number of guanidine groups is 1. The Bertz CT molecular complexity index is 812. The molecular formula is C19H30ClFN4O3S. The maximum atomic E-state index is 13.3. The van der Waals surface area contributed by atoms with Gasteiger partial charge in [0.1, 0.15) is 5.82 Å². The minimum atomic E-state index is -3.33. The second-order valence-corrected chi connectivity index (χ2v) is 9.95. The van der Waals surface area contributed by atoms with Gasteiger partial charge in [0.05, 0.1) is 25.5 Å². The fourth-order valence-corrected chi connectivity index (χ4v) is 4.74. The summed E-state index contributed by atoms with van der Waals surface area (Å²) in [7, 11) is -3.33. The quantitative estimate of drug-likeness (QED) is 0.469. The van der Waals surface area contributed by atoms with E-state index in [1.54, 1.807) is 6.07 Å². The molecule has 1 aliphatic heterocycles. The molecule has 0 aliphatic carbocycles. The molecule has 29 heavy (non-hydrogen) atoms. The maximum absolute atomic E-state index is 13.3. The lowest BCUT2D eigenvalue weighted by Gasteiger charge is -2.26. The van der Waals surface area contributed by atoms with Crippen molar-refractivity contribution in [2.45, 2.75) is 26.2 Å². The third-order valence-corrected chi connectivity index (χ3v) is 6.84. The minimum absolute atomic E-state index is 0.0232. The molecule has 0 unspecified atom stereocenters. The van der Waals surface area contributed by atoms with Crippen molar-refractivity contribution in [3.8, 4) is 0 Å². The third-order valence-electron chi connectivity index (χ3n) is 4.65. The van der Waals surface area contributed by atoms with Gasteiger partial charge in [-0.3, -0.25) is 4.99 Å². The zero-order valence-electron chi connectivity index (χ0n) is 17.2. The van der Waals surface area contributed by atoms with Crippen molar-refractivity contribution in [3.63, 3.8) is 0 Å². The zero-order valence-corrected chi connectivity index (χ0v) is 18.7. The van der Waals surface area contributed by atoms with E-state index in [0.29, 0.717) is 50.4 Å². The van der Waals surface area contributed by atoms with Crippen molar-refractivity contribution >= 4 is 27.6 Å². The highest BCUT2D eigenvalue weighted by molar-refractivity contribution is 7.89. The van der Waals surface area contributed by atoms with E-state index in [4.69, 9.17) is 16.3 Å². The van der Waals surface area contributed by atoms with Crippen LogP contribution >= 0.6 is 11.6 Å². The number of benzene rings is 1. The normalized spacial score (nSPS) is 16.7. The smallest absolute Gasteiger partial charge is 0.215 e. The minimum Gasteiger partial charge on any atom is -0.379 e. The Hall–Kier alpha value is -1.42. The van der Waals surface area contributed by atoms with Gasteiger partial charge in [-0.2, -0.15) is 4.31 Å². The number of ether oxygens (including phenoxy) is 1. The standard InChI is InChI=1S/C19H30ClFN4O3S/c1-4-22-18(23-7-12-29(26,27)25-8-10-28-11-9-25)24-14-19(2,3)16-6-5-15(21)13-17(16)20/h5-6,13H,4,7-12,14H2,1-3H3,(H2,22,23,24). The van der Waals surface area contributed by atoms with Crippen LogP contribution in [0.25, 0.3) is 0 Å². The largest absolute Gasteiger partial charge is 0.379 e. The Labute approximate surface area is 177 Å². The topological polar surface area (TPSA) is 83.0 Å². The van der Waals surface area contributed by atoms with Crippen LogP contribution in [0.1, 0.15) is 26.3 Å². The van der Waals surface area contributed by atoms with E-state index in [2.05, 4.69) is 15.6 Å². The molecule has 1 heterocycles. The first-order chi connectivity index (χ1) is 13.7. The van der Waals surface area contributed by atoms with Crippen LogP contribution in [0.4, 0.5) is 4.39 Å². The summed E-state index contributed by atoms with van der Waals surface area (Å²) in [5, 5.41) is 6.55. The van der Waals surface area contributed by atoms with Crippen LogP contribution in [0.15, 0.2) is 23.2 Å². The van der Waals surface area contributed by atoms with Gasteiger partial charge in [0, 0.05) is 36.6 Å². The number of hydrogen-bond acceptors (Lipinski definition) is 4. The van der Waals surface area contributed by atoms with Gasteiger partial charge in [-0.1, -0.05) is 31.5 Å². The molecule has 0 saturated carbocycles. The predicted octanol–water partition coefficient (Wildman–Crippen LogP) is 1.97. The van der Waals surface area contributed by atoms with Gasteiger partial charge >= 0.3 is 0 Å². The number of nitrogens with zero attached hydrogens (tertiary/aromatic N) is 2. The number of morpholine rings is 1. The van der Waals surface area contributed by atoms with Gasteiger partial charge in [-0.15, -0.1) is 0 Å². The summed E-state index contributed by atoms with van der Waals surface area (Å²) in [5.74, 6) is 0.121. The molecule has 164 valence electrons. The summed E-state index contributed by atoms with van der Waals surface area (Å²) in [4.78, 5) is 4.57. The molecule has 1 saturated heterocycles. The molecule has 1 aliphatic rings. The number of nitrogens with one attached hydrogen (secondary N) is 2. The molecule has 0 bridgehead atoms. The SMILES string of the molecule is CCNC(=NCC(C)(C)c1ccc(F)cc1Cl)NCCS(=O)(=O)N1CCOCC1. The van der Waals surface area contributed by atoms with Gasteiger partial charge in [0.15, 0.2) is 5.96 Å². The van der Waals surface area contributed by atoms with Crippen LogP contribution in [0.5, 0.6) is 0 Å². The van der Waals surface area contributed by atoms with Crippen molar-refractivity contribution in [1.82, 2.24) is 14.9 Å².